The summed E-state index contributed by atoms with van der Waals surface area (Å²) in [5.41, 5.74) is 1.30. The number of esters is 1. The lowest BCUT2D eigenvalue weighted by molar-refractivity contribution is 0.0715. The summed E-state index contributed by atoms with van der Waals surface area (Å²) >= 11 is 0. The van der Waals surface area contributed by atoms with E-state index < -0.39 is 0 Å². The molecule has 1 aromatic carbocycles. The minimum Gasteiger partial charge on any atom is -0.493 e. The smallest absolute Gasteiger partial charge is 0.344 e. The predicted octanol–water partition coefficient (Wildman–Crippen LogP) is 3.34. The number of allylic oxidation sites excluding steroid dienone is 1. The lowest BCUT2D eigenvalue weighted by Crippen LogP contribution is -2.23. The van der Waals surface area contributed by atoms with E-state index in [9.17, 15) is 4.79 Å². The number of carbonyl (C=O) groups excluding carboxylic acids is 1. The Kier molecular flexibility index (Phi) is 6.04. The summed E-state index contributed by atoms with van der Waals surface area (Å²) < 4.78 is 15.9. The Morgan fingerprint density at radius 2 is 1.70 bits per heavy atom. The maximum Gasteiger partial charge on any atom is 0.344 e. The molecule has 0 saturated carbocycles. The molecule has 5 heteroatoms. The molecule has 0 fully saturated rings. The molecule has 0 unspecified atom stereocenters. The Balaban J connectivity index is 2.12. The number of fused-ring (bicyclic) bond motifs is 1. The van der Waals surface area contributed by atoms with Crippen molar-refractivity contribution in [1.29, 1.82) is 0 Å². The molecule has 23 heavy (non-hydrogen) atoms. The molecule has 0 aliphatic carbocycles. The van der Waals surface area contributed by atoms with E-state index in [0.717, 1.165) is 38.0 Å². The van der Waals surface area contributed by atoms with Gasteiger partial charge < -0.3 is 19.1 Å². The van der Waals surface area contributed by atoms with Crippen LogP contribution in [0.25, 0.3) is 5.76 Å². The van der Waals surface area contributed by atoms with Crippen LogP contribution in [0, 0.1) is 0 Å². The molecule has 1 aromatic rings. The van der Waals surface area contributed by atoms with Crippen molar-refractivity contribution in [3.63, 3.8) is 0 Å². The van der Waals surface area contributed by atoms with Crippen LogP contribution < -0.4 is 9.47 Å². The fraction of sp³-hybridized carbons (Fsp3) is 0.500. The van der Waals surface area contributed by atoms with Gasteiger partial charge in [-0.2, -0.15) is 0 Å². The zero-order chi connectivity index (χ0) is 16.8. The van der Waals surface area contributed by atoms with Gasteiger partial charge in [-0.3, -0.25) is 0 Å². The van der Waals surface area contributed by atoms with Crippen LogP contribution in [0.2, 0.25) is 0 Å². The highest BCUT2D eigenvalue weighted by molar-refractivity contribution is 6.03. The van der Waals surface area contributed by atoms with Crippen molar-refractivity contribution in [2.24, 2.45) is 0 Å². The lowest BCUT2D eigenvalue weighted by atomic mass is 10.1. The number of cyclic esters (lactones) is 1. The first-order valence-electron chi connectivity index (χ1n) is 8.05. The second-order valence-electron chi connectivity index (χ2n) is 5.38. The Bertz CT molecular complexity index is 591. The number of ether oxygens (including phenoxy) is 3. The minimum absolute atomic E-state index is 0.337. The first-order valence-corrected chi connectivity index (χ1v) is 8.05. The normalized spacial score (nSPS) is 15.0. The van der Waals surface area contributed by atoms with Crippen LogP contribution in [0.5, 0.6) is 11.5 Å². The van der Waals surface area contributed by atoms with Gasteiger partial charge in [-0.25, -0.2) is 4.79 Å². The summed E-state index contributed by atoms with van der Waals surface area (Å²) in [6.07, 6.45) is 3.89. The molecule has 0 saturated heterocycles. The summed E-state index contributed by atoms with van der Waals surface area (Å²) in [4.78, 5) is 14.4. The number of carbonyl (C=O) groups is 1. The van der Waals surface area contributed by atoms with E-state index in [2.05, 4.69) is 18.7 Å². The Labute approximate surface area is 137 Å². The fourth-order valence-corrected chi connectivity index (χ4v) is 2.70. The molecule has 126 valence electrons. The van der Waals surface area contributed by atoms with Crippen molar-refractivity contribution in [1.82, 2.24) is 4.90 Å². The van der Waals surface area contributed by atoms with E-state index in [0.29, 0.717) is 22.8 Å². The summed E-state index contributed by atoms with van der Waals surface area (Å²) in [5.74, 6) is 1.41. The van der Waals surface area contributed by atoms with Gasteiger partial charge in [-0.05, 0) is 50.7 Å². The molecule has 2 rings (SSSR count). The third-order valence-electron chi connectivity index (χ3n) is 4.11. The number of methoxy groups -OCH3 is 2. The maximum atomic E-state index is 12.0. The van der Waals surface area contributed by atoms with Crippen LogP contribution in [0.1, 0.15) is 42.6 Å². The highest BCUT2D eigenvalue weighted by Crippen LogP contribution is 2.38. The van der Waals surface area contributed by atoms with Gasteiger partial charge in [-0.1, -0.05) is 13.8 Å². The topological polar surface area (TPSA) is 48.0 Å². The number of nitrogens with zero attached hydrogens (tertiary/aromatic N) is 1. The van der Waals surface area contributed by atoms with Crippen LogP contribution >= 0.6 is 0 Å². The highest BCUT2D eigenvalue weighted by Gasteiger charge is 2.28. The second kappa shape index (κ2) is 8.02. The largest absolute Gasteiger partial charge is 0.493 e. The van der Waals surface area contributed by atoms with E-state index in [1.54, 1.807) is 26.4 Å². The van der Waals surface area contributed by atoms with E-state index in [4.69, 9.17) is 14.2 Å². The van der Waals surface area contributed by atoms with Crippen molar-refractivity contribution >= 4 is 11.7 Å². The zero-order valence-corrected chi connectivity index (χ0v) is 14.3. The van der Waals surface area contributed by atoms with Crippen LogP contribution in [0.3, 0.4) is 0 Å². The molecule has 0 aromatic heterocycles. The third kappa shape index (κ3) is 3.85. The van der Waals surface area contributed by atoms with Crippen molar-refractivity contribution < 1.29 is 19.0 Å². The van der Waals surface area contributed by atoms with Gasteiger partial charge in [0, 0.05) is 5.56 Å². The number of hydrogen-bond acceptors (Lipinski definition) is 5. The van der Waals surface area contributed by atoms with Gasteiger partial charge in [0.25, 0.3) is 0 Å². The first kappa shape index (κ1) is 17.3. The fourth-order valence-electron chi connectivity index (χ4n) is 2.70. The Hall–Kier alpha value is -2.01. The standard InChI is InChI=1S/C18H25NO4/c1-5-19(6-2)10-8-7-9-15-13-11-16(21-3)17(22-4)12-14(13)18(20)23-15/h9,11-12H,5-8,10H2,1-4H3/b15-9+. The average Bonchev–Trinajstić information content (AvgIpc) is 2.89. The molecular weight excluding hydrogens is 294 g/mol. The van der Waals surface area contributed by atoms with Gasteiger partial charge in [0.1, 0.15) is 5.76 Å². The van der Waals surface area contributed by atoms with Gasteiger partial charge in [-0.15, -0.1) is 0 Å². The van der Waals surface area contributed by atoms with Gasteiger partial charge >= 0.3 is 5.97 Å². The van der Waals surface area contributed by atoms with Crippen LogP contribution in [0.15, 0.2) is 18.2 Å². The van der Waals surface area contributed by atoms with E-state index in [-0.39, 0.29) is 5.97 Å². The summed E-state index contributed by atoms with van der Waals surface area (Å²) in [6.45, 7) is 7.49. The van der Waals surface area contributed by atoms with Gasteiger partial charge in [0.05, 0.1) is 19.8 Å². The van der Waals surface area contributed by atoms with E-state index in [1.165, 1.54) is 0 Å². The van der Waals surface area contributed by atoms with E-state index >= 15 is 0 Å². The van der Waals surface area contributed by atoms with Gasteiger partial charge in [0.15, 0.2) is 11.5 Å². The van der Waals surface area contributed by atoms with Crippen molar-refractivity contribution in [3.05, 3.63) is 29.3 Å². The number of rotatable bonds is 8. The summed E-state index contributed by atoms with van der Waals surface area (Å²) in [5, 5.41) is 0. The van der Waals surface area contributed by atoms with Gasteiger partial charge in [0.2, 0.25) is 0 Å². The Morgan fingerprint density at radius 3 is 2.26 bits per heavy atom. The molecular formula is C18H25NO4. The molecule has 1 heterocycles. The maximum absolute atomic E-state index is 12.0. The lowest BCUT2D eigenvalue weighted by Gasteiger charge is -2.16. The van der Waals surface area contributed by atoms with Crippen LogP contribution in [-0.2, 0) is 4.74 Å². The molecule has 0 N–H and O–H groups in total. The molecule has 0 bridgehead atoms. The summed E-state index contributed by atoms with van der Waals surface area (Å²) in [7, 11) is 3.13. The molecule has 0 spiro atoms. The minimum atomic E-state index is -0.337. The van der Waals surface area contributed by atoms with Crippen molar-refractivity contribution in [2.45, 2.75) is 26.7 Å². The zero-order valence-electron chi connectivity index (χ0n) is 14.3. The molecule has 0 atom stereocenters. The predicted molar refractivity (Wildman–Crippen MR) is 90.0 cm³/mol. The van der Waals surface area contributed by atoms with Crippen molar-refractivity contribution in [2.75, 3.05) is 33.9 Å². The van der Waals surface area contributed by atoms with E-state index in [1.807, 2.05) is 6.08 Å². The SMILES string of the molecule is CCN(CC)CCC/C=C1/OC(=O)c2cc(OC)c(OC)cc21. The monoisotopic (exact) mass is 319 g/mol. The number of unbranched alkanes of at least 4 members (excludes halogenated alkanes) is 1. The quantitative estimate of drug-likeness (QED) is 0.543. The molecule has 1 aliphatic heterocycles. The Morgan fingerprint density at radius 1 is 1.09 bits per heavy atom. The summed E-state index contributed by atoms with van der Waals surface area (Å²) in [6, 6.07) is 3.47. The second-order valence-corrected chi connectivity index (χ2v) is 5.38. The molecule has 0 amide bonds. The molecule has 1 aliphatic rings. The number of hydrogen-bond donors (Lipinski definition) is 0. The number of benzene rings is 1. The van der Waals surface area contributed by atoms with Crippen LogP contribution in [0.4, 0.5) is 0 Å². The molecule has 0 radical (unpaired) electrons. The van der Waals surface area contributed by atoms with Crippen LogP contribution in [-0.4, -0.2) is 44.7 Å². The van der Waals surface area contributed by atoms with Crippen molar-refractivity contribution in [3.8, 4) is 11.5 Å². The molecule has 5 nitrogen and oxygen atoms in total. The third-order valence-corrected chi connectivity index (χ3v) is 4.11. The average molecular weight is 319 g/mol. The highest BCUT2D eigenvalue weighted by atomic mass is 16.5. The first-order chi connectivity index (χ1) is 11.1.